The fourth-order valence-electron chi connectivity index (χ4n) is 4.20. The second kappa shape index (κ2) is 9.04. The molecule has 0 saturated heterocycles. The van der Waals surface area contributed by atoms with Gasteiger partial charge in [0.25, 0.3) is 0 Å². The maximum Gasteiger partial charge on any atom is 0.0538 e. The summed E-state index contributed by atoms with van der Waals surface area (Å²) in [5.41, 5.74) is 0. The molecule has 2 nitrogen and oxygen atoms in total. The number of hydrogen-bond donors (Lipinski definition) is 1. The first-order chi connectivity index (χ1) is 9.81. The summed E-state index contributed by atoms with van der Waals surface area (Å²) in [4.78, 5) is 2.86. The molecule has 0 amide bonds. The first-order valence-corrected chi connectivity index (χ1v) is 9.25. The second-order valence-electron chi connectivity index (χ2n) is 7.03. The van der Waals surface area contributed by atoms with Gasteiger partial charge in [0.05, 0.1) is 6.10 Å². The third-order valence-electron chi connectivity index (χ3n) is 5.51. The van der Waals surface area contributed by atoms with Gasteiger partial charge in [0, 0.05) is 12.1 Å². The van der Waals surface area contributed by atoms with E-state index in [1.165, 1.54) is 77.2 Å². The van der Waals surface area contributed by atoms with Gasteiger partial charge in [0.15, 0.2) is 0 Å². The maximum atomic E-state index is 9.77. The van der Waals surface area contributed by atoms with Crippen LogP contribution in [-0.4, -0.2) is 34.7 Å². The van der Waals surface area contributed by atoms with E-state index in [-0.39, 0.29) is 6.10 Å². The Labute approximate surface area is 125 Å². The summed E-state index contributed by atoms with van der Waals surface area (Å²) < 4.78 is 0. The van der Waals surface area contributed by atoms with Crippen molar-refractivity contribution in [1.82, 2.24) is 4.90 Å². The number of nitrogens with zero attached hydrogens (tertiary/aromatic N) is 1. The Morgan fingerprint density at radius 3 is 1.85 bits per heavy atom. The van der Waals surface area contributed by atoms with E-state index in [9.17, 15) is 5.11 Å². The topological polar surface area (TPSA) is 23.5 Å². The molecule has 118 valence electrons. The van der Waals surface area contributed by atoms with Crippen LogP contribution < -0.4 is 0 Å². The summed E-state index contributed by atoms with van der Waals surface area (Å²) in [6.07, 6.45) is 17.3. The third kappa shape index (κ3) is 5.04. The molecule has 0 aromatic carbocycles. The van der Waals surface area contributed by atoms with Gasteiger partial charge in [-0.25, -0.2) is 0 Å². The zero-order valence-electron chi connectivity index (χ0n) is 13.5. The number of aliphatic hydroxyl groups is 1. The molecule has 1 unspecified atom stereocenters. The minimum Gasteiger partial charge on any atom is -0.393 e. The van der Waals surface area contributed by atoms with Crippen LogP contribution in [0.15, 0.2) is 0 Å². The normalized spacial score (nSPS) is 24.1. The lowest BCUT2D eigenvalue weighted by Crippen LogP contribution is -2.45. The van der Waals surface area contributed by atoms with Crippen LogP contribution >= 0.6 is 0 Å². The monoisotopic (exact) mass is 281 g/mol. The highest BCUT2D eigenvalue weighted by molar-refractivity contribution is 4.83. The fraction of sp³-hybridized carbons (Fsp3) is 1.00. The van der Waals surface area contributed by atoms with Crippen molar-refractivity contribution in [2.24, 2.45) is 0 Å². The predicted molar refractivity (Wildman–Crippen MR) is 86.0 cm³/mol. The molecule has 0 bridgehead atoms. The lowest BCUT2D eigenvalue weighted by molar-refractivity contribution is 0.0717. The third-order valence-corrected chi connectivity index (χ3v) is 5.51. The Kier molecular flexibility index (Phi) is 7.37. The smallest absolute Gasteiger partial charge is 0.0538 e. The Morgan fingerprint density at radius 2 is 1.40 bits per heavy atom. The van der Waals surface area contributed by atoms with Crippen LogP contribution in [0.2, 0.25) is 0 Å². The molecule has 1 N–H and O–H groups in total. The number of rotatable bonds is 7. The van der Waals surface area contributed by atoms with Gasteiger partial charge in [0.1, 0.15) is 0 Å². The number of hydrogen-bond acceptors (Lipinski definition) is 2. The van der Waals surface area contributed by atoms with Gasteiger partial charge in [-0.2, -0.15) is 0 Å². The van der Waals surface area contributed by atoms with E-state index in [0.717, 1.165) is 24.9 Å². The first-order valence-electron chi connectivity index (χ1n) is 9.25. The van der Waals surface area contributed by atoms with Crippen molar-refractivity contribution in [3.8, 4) is 0 Å². The van der Waals surface area contributed by atoms with E-state index < -0.39 is 0 Å². The van der Waals surface area contributed by atoms with Gasteiger partial charge in [-0.15, -0.1) is 0 Å². The van der Waals surface area contributed by atoms with Crippen molar-refractivity contribution in [3.05, 3.63) is 0 Å². The maximum absolute atomic E-state index is 9.77. The molecular formula is C18H35NO. The van der Waals surface area contributed by atoms with Crippen molar-refractivity contribution < 1.29 is 5.11 Å². The molecule has 0 radical (unpaired) electrons. The quantitative estimate of drug-likeness (QED) is 0.742. The minimum atomic E-state index is -0.0745. The molecule has 2 fully saturated rings. The minimum absolute atomic E-state index is 0.0745. The summed E-state index contributed by atoms with van der Waals surface area (Å²) in [6, 6.07) is 1.70. The molecule has 0 spiro atoms. The zero-order valence-corrected chi connectivity index (χ0v) is 13.5. The first kappa shape index (κ1) is 16.3. The second-order valence-corrected chi connectivity index (χ2v) is 7.03. The van der Waals surface area contributed by atoms with E-state index in [1.807, 2.05) is 0 Å². The van der Waals surface area contributed by atoms with E-state index in [0.29, 0.717) is 0 Å². The Hall–Kier alpha value is -0.0800. The van der Waals surface area contributed by atoms with Crippen LogP contribution in [0.4, 0.5) is 0 Å². The predicted octanol–water partition coefficient (Wildman–Crippen LogP) is 4.50. The van der Waals surface area contributed by atoms with Gasteiger partial charge in [-0.3, -0.25) is 4.90 Å². The summed E-state index contributed by atoms with van der Waals surface area (Å²) >= 11 is 0. The van der Waals surface area contributed by atoms with E-state index in [4.69, 9.17) is 0 Å². The van der Waals surface area contributed by atoms with Crippen molar-refractivity contribution >= 4 is 0 Å². The van der Waals surface area contributed by atoms with Crippen LogP contribution in [-0.2, 0) is 0 Å². The van der Waals surface area contributed by atoms with Gasteiger partial charge >= 0.3 is 0 Å². The summed E-state index contributed by atoms with van der Waals surface area (Å²) in [7, 11) is 0. The molecule has 2 rings (SSSR count). The van der Waals surface area contributed by atoms with Gasteiger partial charge in [-0.1, -0.05) is 45.4 Å². The lowest BCUT2D eigenvalue weighted by Gasteiger charge is -2.42. The molecule has 20 heavy (non-hydrogen) atoms. The van der Waals surface area contributed by atoms with E-state index >= 15 is 0 Å². The molecule has 0 heterocycles. The van der Waals surface area contributed by atoms with Crippen molar-refractivity contribution in [1.29, 1.82) is 0 Å². The van der Waals surface area contributed by atoms with Crippen molar-refractivity contribution in [2.75, 3.05) is 6.54 Å². The highest BCUT2D eigenvalue weighted by atomic mass is 16.3. The molecule has 2 aliphatic rings. The Morgan fingerprint density at radius 1 is 0.900 bits per heavy atom. The van der Waals surface area contributed by atoms with Crippen LogP contribution in [0.5, 0.6) is 0 Å². The van der Waals surface area contributed by atoms with Gasteiger partial charge in [0.2, 0.25) is 0 Å². The molecule has 2 saturated carbocycles. The van der Waals surface area contributed by atoms with Gasteiger partial charge < -0.3 is 5.11 Å². The molecule has 0 aromatic heterocycles. The zero-order chi connectivity index (χ0) is 14.2. The van der Waals surface area contributed by atoms with E-state index in [1.54, 1.807) is 0 Å². The van der Waals surface area contributed by atoms with Crippen molar-refractivity contribution in [3.63, 3.8) is 0 Å². The molecule has 0 aromatic rings. The van der Waals surface area contributed by atoms with Crippen LogP contribution in [0.25, 0.3) is 0 Å². The molecule has 2 heteroatoms. The van der Waals surface area contributed by atoms with Crippen LogP contribution in [0, 0.1) is 0 Å². The van der Waals surface area contributed by atoms with Crippen LogP contribution in [0.1, 0.15) is 90.4 Å². The summed E-state index contributed by atoms with van der Waals surface area (Å²) in [6.45, 7) is 3.32. The number of aliphatic hydroxyl groups excluding tert-OH is 1. The average Bonchev–Trinajstić information content (AvgIpc) is 2.53. The highest BCUT2D eigenvalue weighted by Gasteiger charge is 2.28. The summed E-state index contributed by atoms with van der Waals surface area (Å²) in [5.74, 6) is 0. The Balaban J connectivity index is 1.84. The van der Waals surface area contributed by atoms with Gasteiger partial charge in [-0.05, 0) is 51.5 Å². The Bertz CT molecular complexity index is 226. The fourth-order valence-corrected chi connectivity index (χ4v) is 4.20. The molecule has 2 aliphatic carbocycles. The van der Waals surface area contributed by atoms with E-state index in [2.05, 4.69) is 11.8 Å². The average molecular weight is 281 g/mol. The molecule has 1 atom stereocenters. The molecular weight excluding hydrogens is 246 g/mol. The SMILES string of the molecule is CCC(O)CCCN(C1CCCCC1)C1CCCCC1. The summed E-state index contributed by atoms with van der Waals surface area (Å²) in [5, 5.41) is 9.77. The largest absolute Gasteiger partial charge is 0.393 e. The lowest BCUT2D eigenvalue weighted by atomic mass is 9.88. The van der Waals surface area contributed by atoms with Crippen molar-refractivity contribution in [2.45, 2.75) is 109 Å². The highest BCUT2D eigenvalue weighted by Crippen LogP contribution is 2.30. The standard InChI is InChI=1S/C18H35NO/c1-2-18(20)14-9-15-19(16-10-5-3-6-11-16)17-12-7-4-8-13-17/h16-18,20H,2-15H2,1H3. The van der Waals surface area contributed by atoms with Crippen LogP contribution in [0.3, 0.4) is 0 Å². The molecule has 0 aliphatic heterocycles.